The topological polar surface area (TPSA) is 27.7 Å². The number of hydrogen-bond acceptors (Lipinski definition) is 3. The van der Waals surface area contributed by atoms with Crippen LogP contribution in [0.5, 0.6) is 17.2 Å². The van der Waals surface area contributed by atoms with Gasteiger partial charge in [0.2, 0.25) is 0 Å². The minimum absolute atomic E-state index is 0.440. The lowest BCUT2D eigenvalue weighted by molar-refractivity contribution is 0.210. The smallest absolute Gasteiger partial charge is 0.175 e. The zero-order valence-corrected chi connectivity index (χ0v) is 14.1. The number of ether oxygens (including phenoxy) is 3. The molecule has 0 aliphatic carbocycles. The lowest BCUT2D eigenvalue weighted by atomic mass is 10.3. The Kier molecular flexibility index (Phi) is 5.73. The van der Waals surface area contributed by atoms with Gasteiger partial charge in [-0.2, -0.15) is 0 Å². The van der Waals surface area contributed by atoms with Crippen LogP contribution in [0.3, 0.4) is 0 Å². The minimum Gasteiger partial charge on any atom is -0.493 e. The van der Waals surface area contributed by atoms with E-state index in [1.54, 1.807) is 7.11 Å². The quantitative estimate of drug-likeness (QED) is 0.658. The van der Waals surface area contributed by atoms with Crippen molar-refractivity contribution in [2.75, 3.05) is 20.3 Å². The second-order valence-corrected chi connectivity index (χ2v) is 5.69. The largest absolute Gasteiger partial charge is 0.493 e. The molecule has 2 rings (SSSR count). The third-order valence-corrected chi connectivity index (χ3v) is 3.72. The molecule has 5 heteroatoms. The van der Waals surface area contributed by atoms with Crippen molar-refractivity contribution in [1.82, 2.24) is 0 Å². The molecule has 0 amide bonds. The fraction of sp³-hybridized carbons (Fsp3) is 0.200. The predicted molar refractivity (Wildman–Crippen MR) is 85.8 cm³/mol. The summed E-state index contributed by atoms with van der Waals surface area (Å²) in [6.07, 6.45) is 0. The maximum Gasteiger partial charge on any atom is 0.175 e. The first-order chi connectivity index (χ1) is 9.70. The predicted octanol–water partition coefficient (Wildman–Crippen LogP) is 4.68. The van der Waals surface area contributed by atoms with Crippen molar-refractivity contribution in [3.63, 3.8) is 0 Å². The molecule has 0 aliphatic heterocycles. The highest BCUT2D eigenvalue weighted by Gasteiger charge is 2.08. The van der Waals surface area contributed by atoms with Crippen LogP contribution in [-0.2, 0) is 0 Å². The lowest BCUT2D eigenvalue weighted by Crippen LogP contribution is -2.09. The number of hydrogen-bond donors (Lipinski definition) is 0. The summed E-state index contributed by atoms with van der Waals surface area (Å²) in [5.41, 5.74) is 0. The summed E-state index contributed by atoms with van der Waals surface area (Å²) in [5, 5.41) is 0. The lowest BCUT2D eigenvalue weighted by Gasteiger charge is -2.12. The van der Waals surface area contributed by atoms with Gasteiger partial charge in [-0.1, -0.05) is 22.0 Å². The van der Waals surface area contributed by atoms with E-state index in [1.165, 1.54) is 0 Å². The Hall–Kier alpha value is -1.20. The first kappa shape index (κ1) is 15.2. The van der Waals surface area contributed by atoms with Gasteiger partial charge in [-0.3, -0.25) is 0 Å². The van der Waals surface area contributed by atoms with Crippen LogP contribution in [-0.4, -0.2) is 20.3 Å². The van der Waals surface area contributed by atoms with E-state index in [0.717, 1.165) is 14.7 Å². The van der Waals surface area contributed by atoms with E-state index in [0.29, 0.717) is 24.7 Å². The summed E-state index contributed by atoms with van der Waals surface area (Å²) >= 11 is 6.82. The minimum atomic E-state index is 0.440. The van der Waals surface area contributed by atoms with Crippen molar-refractivity contribution in [3.05, 3.63) is 51.4 Å². The van der Waals surface area contributed by atoms with Crippen LogP contribution >= 0.6 is 31.9 Å². The summed E-state index contributed by atoms with van der Waals surface area (Å²) < 4.78 is 18.4. The van der Waals surface area contributed by atoms with Gasteiger partial charge in [0.1, 0.15) is 19.0 Å². The highest BCUT2D eigenvalue weighted by atomic mass is 79.9. The Labute approximate surface area is 135 Å². The van der Waals surface area contributed by atoms with Crippen LogP contribution in [0.4, 0.5) is 0 Å². The molecule has 3 nitrogen and oxygen atoms in total. The molecule has 0 spiro atoms. The standard InChI is InChI=1S/C15H14Br2O3/c1-18-14-4-2-3-13(17)15(14)20-10-9-19-12-7-5-11(16)6-8-12/h2-8H,9-10H2,1H3. The monoisotopic (exact) mass is 400 g/mol. The van der Waals surface area contributed by atoms with Crippen molar-refractivity contribution in [3.8, 4) is 17.2 Å². The summed E-state index contributed by atoms with van der Waals surface area (Å²) in [5.74, 6) is 2.20. The molecule has 20 heavy (non-hydrogen) atoms. The van der Waals surface area contributed by atoms with Crippen molar-refractivity contribution in [2.24, 2.45) is 0 Å². The Balaban J connectivity index is 1.86. The van der Waals surface area contributed by atoms with Crippen LogP contribution in [0.15, 0.2) is 51.4 Å². The van der Waals surface area contributed by atoms with E-state index in [9.17, 15) is 0 Å². The van der Waals surface area contributed by atoms with Gasteiger partial charge in [0, 0.05) is 4.47 Å². The molecule has 2 aromatic carbocycles. The van der Waals surface area contributed by atoms with Gasteiger partial charge in [0.25, 0.3) is 0 Å². The third-order valence-electron chi connectivity index (χ3n) is 2.56. The molecule has 0 saturated heterocycles. The van der Waals surface area contributed by atoms with Gasteiger partial charge in [-0.25, -0.2) is 0 Å². The molecule has 2 aromatic rings. The zero-order valence-electron chi connectivity index (χ0n) is 10.9. The Morgan fingerprint density at radius 3 is 2.30 bits per heavy atom. The van der Waals surface area contributed by atoms with Gasteiger partial charge < -0.3 is 14.2 Å². The van der Waals surface area contributed by atoms with E-state index in [1.807, 2.05) is 42.5 Å². The van der Waals surface area contributed by atoms with Gasteiger partial charge in [0.05, 0.1) is 11.6 Å². The van der Waals surface area contributed by atoms with Crippen molar-refractivity contribution < 1.29 is 14.2 Å². The molecular formula is C15H14Br2O3. The second kappa shape index (κ2) is 7.55. The maximum absolute atomic E-state index is 5.70. The average molecular weight is 402 g/mol. The molecule has 0 fully saturated rings. The molecule has 0 radical (unpaired) electrons. The molecule has 0 aromatic heterocycles. The maximum atomic E-state index is 5.70. The summed E-state index contributed by atoms with van der Waals surface area (Å²) in [4.78, 5) is 0. The zero-order chi connectivity index (χ0) is 14.4. The molecular weight excluding hydrogens is 388 g/mol. The summed E-state index contributed by atoms with van der Waals surface area (Å²) in [7, 11) is 1.62. The first-order valence-corrected chi connectivity index (χ1v) is 7.63. The van der Waals surface area contributed by atoms with Crippen LogP contribution in [0, 0.1) is 0 Å². The number of rotatable bonds is 6. The highest BCUT2D eigenvalue weighted by Crippen LogP contribution is 2.34. The van der Waals surface area contributed by atoms with Gasteiger partial charge in [-0.15, -0.1) is 0 Å². The fourth-order valence-corrected chi connectivity index (χ4v) is 2.35. The van der Waals surface area contributed by atoms with Gasteiger partial charge in [-0.05, 0) is 52.3 Å². The molecule has 0 unspecified atom stereocenters. The van der Waals surface area contributed by atoms with Crippen molar-refractivity contribution in [1.29, 1.82) is 0 Å². The second-order valence-electron chi connectivity index (χ2n) is 3.92. The van der Waals surface area contributed by atoms with Crippen LogP contribution in [0.1, 0.15) is 0 Å². The number of para-hydroxylation sites is 1. The average Bonchev–Trinajstić information content (AvgIpc) is 2.46. The number of halogens is 2. The summed E-state index contributed by atoms with van der Waals surface area (Å²) in [6.45, 7) is 0.904. The van der Waals surface area contributed by atoms with E-state index in [2.05, 4.69) is 31.9 Å². The normalized spacial score (nSPS) is 10.2. The van der Waals surface area contributed by atoms with E-state index < -0.39 is 0 Å². The van der Waals surface area contributed by atoms with Gasteiger partial charge >= 0.3 is 0 Å². The van der Waals surface area contributed by atoms with Crippen LogP contribution in [0.2, 0.25) is 0 Å². The Morgan fingerprint density at radius 1 is 0.900 bits per heavy atom. The molecule has 0 saturated carbocycles. The molecule has 0 atom stereocenters. The van der Waals surface area contributed by atoms with Gasteiger partial charge in [0.15, 0.2) is 11.5 Å². The Bertz CT molecular complexity index is 556. The first-order valence-electron chi connectivity index (χ1n) is 6.04. The molecule has 0 heterocycles. The Morgan fingerprint density at radius 2 is 1.60 bits per heavy atom. The van der Waals surface area contributed by atoms with Crippen LogP contribution < -0.4 is 14.2 Å². The van der Waals surface area contributed by atoms with E-state index >= 15 is 0 Å². The number of methoxy groups -OCH3 is 1. The summed E-state index contributed by atoms with van der Waals surface area (Å²) in [6, 6.07) is 13.4. The molecule has 0 bridgehead atoms. The molecule has 106 valence electrons. The fourth-order valence-electron chi connectivity index (χ4n) is 1.62. The van der Waals surface area contributed by atoms with E-state index in [-0.39, 0.29) is 0 Å². The number of benzene rings is 2. The highest BCUT2D eigenvalue weighted by molar-refractivity contribution is 9.10. The molecule has 0 aliphatic rings. The SMILES string of the molecule is COc1cccc(Br)c1OCCOc1ccc(Br)cc1. The van der Waals surface area contributed by atoms with E-state index in [4.69, 9.17) is 14.2 Å². The third kappa shape index (κ3) is 4.15. The van der Waals surface area contributed by atoms with Crippen LogP contribution in [0.25, 0.3) is 0 Å². The molecule has 0 N–H and O–H groups in total. The van der Waals surface area contributed by atoms with Crippen molar-refractivity contribution >= 4 is 31.9 Å². The van der Waals surface area contributed by atoms with Crippen molar-refractivity contribution in [2.45, 2.75) is 0 Å².